The van der Waals surface area contributed by atoms with Gasteiger partial charge in [0.1, 0.15) is 0 Å². The fraction of sp³-hybridized carbons (Fsp3) is 0.278. The zero-order valence-electron chi connectivity index (χ0n) is 12.1. The second-order valence-corrected chi connectivity index (χ2v) is 5.45. The SMILES string of the molecule is O=C(Cc1ccc(N2CCCC2)cc1)Nc1ccccc1. The van der Waals surface area contributed by atoms with Crippen molar-refractivity contribution in [2.24, 2.45) is 0 Å². The number of para-hydroxylation sites is 1. The van der Waals surface area contributed by atoms with E-state index in [-0.39, 0.29) is 5.91 Å². The van der Waals surface area contributed by atoms with Gasteiger partial charge in [0.25, 0.3) is 0 Å². The molecular formula is C18H20N2O. The van der Waals surface area contributed by atoms with E-state index in [9.17, 15) is 4.79 Å². The zero-order valence-corrected chi connectivity index (χ0v) is 12.1. The van der Waals surface area contributed by atoms with E-state index in [4.69, 9.17) is 0 Å². The molecule has 0 aromatic heterocycles. The lowest BCUT2D eigenvalue weighted by atomic mass is 10.1. The molecule has 0 radical (unpaired) electrons. The summed E-state index contributed by atoms with van der Waals surface area (Å²) < 4.78 is 0. The zero-order chi connectivity index (χ0) is 14.5. The number of benzene rings is 2. The summed E-state index contributed by atoms with van der Waals surface area (Å²) >= 11 is 0. The summed E-state index contributed by atoms with van der Waals surface area (Å²) in [5, 5.41) is 2.91. The molecule has 1 amide bonds. The van der Waals surface area contributed by atoms with Gasteiger partial charge in [-0.1, -0.05) is 30.3 Å². The van der Waals surface area contributed by atoms with Crippen molar-refractivity contribution in [2.45, 2.75) is 19.3 Å². The van der Waals surface area contributed by atoms with Crippen LogP contribution in [0.15, 0.2) is 54.6 Å². The second-order valence-electron chi connectivity index (χ2n) is 5.45. The third-order valence-electron chi connectivity index (χ3n) is 3.83. The fourth-order valence-electron chi connectivity index (χ4n) is 2.71. The maximum absolute atomic E-state index is 12.0. The molecule has 2 aromatic rings. The lowest BCUT2D eigenvalue weighted by Gasteiger charge is -2.17. The minimum absolute atomic E-state index is 0.0233. The molecule has 3 rings (SSSR count). The summed E-state index contributed by atoms with van der Waals surface area (Å²) in [6, 6.07) is 17.9. The fourth-order valence-corrected chi connectivity index (χ4v) is 2.71. The molecule has 3 heteroatoms. The van der Waals surface area contributed by atoms with Crippen LogP contribution >= 0.6 is 0 Å². The molecule has 1 heterocycles. The van der Waals surface area contributed by atoms with Crippen molar-refractivity contribution in [2.75, 3.05) is 23.3 Å². The van der Waals surface area contributed by atoms with Gasteiger partial charge >= 0.3 is 0 Å². The standard InChI is InChI=1S/C18H20N2O/c21-18(19-16-6-2-1-3-7-16)14-15-8-10-17(11-9-15)20-12-4-5-13-20/h1-3,6-11H,4-5,12-14H2,(H,19,21). The number of nitrogens with zero attached hydrogens (tertiary/aromatic N) is 1. The third-order valence-corrected chi connectivity index (χ3v) is 3.83. The molecule has 108 valence electrons. The highest BCUT2D eigenvalue weighted by Crippen LogP contribution is 2.20. The Kier molecular flexibility index (Phi) is 4.20. The van der Waals surface area contributed by atoms with Crippen molar-refractivity contribution in [3.05, 3.63) is 60.2 Å². The monoisotopic (exact) mass is 280 g/mol. The first-order valence-corrected chi connectivity index (χ1v) is 7.50. The van der Waals surface area contributed by atoms with Gasteiger partial charge in [-0.15, -0.1) is 0 Å². The molecule has 21 heavy (non-hydrogen) atoms. The molecule has 0 atom stereocenters. The van der Waals surface area contributed by atoms with Crippen LogP contribution in [-0.4, -0.2) is 19.0 Å². The Morgan fingerprint density at radius 2 is 1.62 bits per heavy atom. The molecule has 1 saturated heterocycles. The number of hydrogen-bond donors (Lipinski definition) is 1. The molecule has 0 saturated carbocycles. The van der Waals surface area contributed by atoms with E-state index in [2.05, 4.69) is 34.5 Å². The molecule has 1 aliphatic heterocycles. The minimum atomic E-state index is 0.0233. The van der Waals surface area contributed by atoms with Crippen LogP contribution < -0.4 is 10.2 Å². The van der Waals surface area contributed by atoms with Crippen LogP contribution in [0.1, 0.15) is 18.4 Å². The van der Waals surface area contributed by atoms with Crippen molar-refractivity contribution in [1.82, 2.24) is 0 Å². The Morgan fingerprint density at radius 1 is 0.952 bits per heavy atom. The predicted octanol–water partition coefficient (Wildman–Crippen LogP) is 3.47. The largest absolute Gasteiger partial charge is 0.372 e. The first kappa shape index (κ1) is 13.7. The van der Waals surface area contributed by atoms with Crippen LogP contribution in [0.4, 0.5) is 11.4 Å². The topological polar surface area (TPSA) is 32.3 Å². The van der Waals surface area contributed by atoms with Crippen molar-refractivity contribution in [1.29, 1.82) is 0 Å². The summed E-state index contributed by atoms with van der Waals surface area (Å²) in [4.78, 5) is 14.4. The quantitative estimate of drug-likeness (QED) is 0.930. The van der Waals surface area contributed by atoms with Crippen molar-refractivity contribution in [3.63, 3.8) is 0 Å². The number of rotatable bonds is 4. The van der Waals surface area contributed by atoms with Gasteiger partial charge in [0, 0.05) is 24.5 Å². The van der Waals surface area contributed by atoms with Crippen LogP contribution in [-0.2, 0) is 11.2 Å². The first-order valence-electron chi connectivity index (χ1n) is 7.50. The highest BCUT2D eigenvalue weighted by Gasteiger charge is 2.12. The molecule has 0 aliphatic carbocycles. The lowest BCUT2D eigenvalue weighted by molar-refractivity contribution is -0.115. The van der Waals surface area contributed by atoms with E-state index in [0.29, 0.717) is 6.42 Å². The summed E-state index contributed by atoms with van der Waals surface area (Å²) in [5.41, 5.74) is 3.15. The molecule has 1 fully saturated rings. The number of carbonyl (C=O) groups is 1. The Hall–Kier alpha value is -2.29. The van der Waals surface area contributed by atoms with E-state index in [1.165, 1.54) is 18.5 Å². The van der Waals surface area contributed by atoms with Crippen LogP contribution in [0, 0.1) is 0 Å². The van der Waals surface area contributed by atoms with Gasteiger partial charge in [0.05, 0.1) is 6.42 Å². The summed E-state index contributed by atoms with van der Waals surface area (Å²) in [6.45, 7) is 2.29. The molecule has 0 bridgehead atoms. The second kappa shape index (κ2) is 6.44. The van der Waals surface area contributed by atoms with Crippen LogP contribution in [0.2, 0.25) is 0 Å². The maximum atomic E-state index is 12.0. The molecule has 3 nitrogen and oxygen atoms in total. The molecular weight excluding hydrogens is 260 g/mol. The van der Waals surface area contributed by atoms with Gasteiger partial charge in [-0.2, -0.15) is 0 Å². The van der Waals surface area contributed by atoms with Gasteiger partial charge in [-0.3, -0.25) is 4.79 Å². The summed E-state index contributed by atoms with van der Waals surface area (Å²) in [5.74, 6) is 0.0233. The molecule has 0 spiro atoms. The van der Waals surface area contributed by atoms with E-state index in [1.807, 2.05) is 30.3 Å². The highest BCUT2D eigenvalue weighted by atomic mass is 16.1. The molecule has 1 aliphatic rings. The molecule has 0 unspecified atom stereocenters. The highest BCUT2D eigenvalue weighted by molar-refractivity contribution is 5.92. The van der Waals surface area contributed by atoms with E-state index in [0.717, 1.165) is 24.3 Å². The van der Waals surface area contributed by atoms with Crippen LogP contribution in [0.3, 0.4) is 0 Å². The van der Waals surface area contributed by atoms with Gasteiger partial charge in [0.2, 0.25) is 5.91 Å². The molecule has 1 N–H and O–H groups in total. The van der Waals surface area contributed by atoms with E-state index >= 15 is 0 Å². The Balaban J connectivity index is 1.58. The Morgan fingerprint density at radius 3 is 2.29 bits per heavy atom. The third kappa shape index (κ3) is 3.63. The predicted molar refractivity (Wildman–Crippen MR) is 86.7 cm³/mol. The summed E-state index contributed by atoms with van der Waals surface area (Å²) in [7, 11) is 0. The van der Waals surface area contributed by atoms with E-state index in [1.54, 1.807) is 0 Å². The lowest BCUT2D eigenvalue weighted by Crippen LogP contribution is -2.17. The number of amides is 1. The number of carbonyl (C=O) groups excluding carboxylic acids is 1. The first-order chi connectivity index (χ1) is 10.3. The average Bonchev–Trinajstić information content (AvgIpc) is 3.03. The van der Waals surface area contributed by atoms with Gasteiger partial charge in [0.15, 0.2) is 0 Å². The van der Waals surface area contributed by atoms with Crippen molar-refractivity contribution in [3.8, 4) is 0 Å². The normalized spacial score (nSPS) is 14.2. The summed E-state index contributed by atoms with van der Waals surface area (Å²) in [6.07, 6.45) is 2.97. The van der Waals surface area contributed by atoms with Crippen LogP contribution in [0.25, 0.3) is 0 Å². The van der Waals surface area contributed by atoms with Crippen molar-refractivity contribution < 1.29 is 4.79 Å². The van der Waals surface area contributed by atoms with Gasteiger partial charge in [-0.05, 0) is 42.7 Å². The minimum Gasteiger partial charge on any atom is -0.372 e. The number of hydrogen-bond acceptors (Lipinski definition) is 2. The van der Waals surface area contributed by atoms with Gasteiger partial charge in [-0.25, -0.2) is 0 Å². The maximum Gasteiger partial charge on any atom is 0.228 e. The van der Waals surface area contributed by atoms with Crippen LogP contribution in [0.5, 0.6) is 0 Å². The smallest absolute Gasteiger partial charge is 0.228 e. The Labute approximate surface area is 125 Å². The number of anilines is 2. The Bertz CT molecular complexity index is 586. The average molecular weight is 280 g/mol. The molecule has 2 aromatic carbocycles. The number of nitrogens with one attached hydrogen (secondary N) is 1. The van der Waals surface area contributed by atoms with E-state index < -0.39 is 0 Å². The van der Waals surface area contributed by atoms with Crippen molar-refractivity contribution >= 4 is 17.3 Å². The van der Waals surface area contributed by atoms with Gasteiger partial charge < -0.3 is 10.2 Å².